The number of carboxylic acid groups (broad SMARTS) is 1. The molecule has 0 bridgehead atoms. The molecule has 1 amide bonds. The highest BCUT2D eigenvalue weighted by molar-refractivity contribution is 5.79. The molecule has 0 radical (unpaired) electrons. The molecule has 1 unspecified atom stereocenters. The highest BCUT2D eigenvalue weighted by Gasteiger charge is 2.24. The van der Waals surface area contributed by atoms with E-state index in [2.05, 4.69) is 10.1 Å². The largest absolute Gasteiger partial charge is 0.480 e. The van der Waals surface area contributed by atoms with Gasteiger partial charge in [0.05, 0.1) is 7.11 Å². The summed E-state index contributed by atoms with van der Waals surface area (Å²) in [6.07, 6.45) is -0.0667. The number of nitrogens with two attached hydrogens (primary N) is 1. The van der Waals surface area contributed by atoms with E-state index < -0.39 is 35.7 Å². The lowest BCUT2D eigenvalue weighted by molar-refractivity contribution is -0.156. The van der Waals surface area contributed by atoms with Crippen molar-refractivity contribution in [3.05, 3.63) is 0 Å². The summed E-state index contributed by atoms with van der Waals surface area (Å²) in [6, 6.07) is -1.90. The van der Waals surface area contributed by atoms with Gasteiger partial charge in [0.1, 0.15) is 17.7 Å². The van der Waals surface area contributed by atoms with Crippen molar-refractivity contribution in [2.75, 3.05) is 7.11 Å². The SMILES string of the molecule is COC(=O)N[C@@H](CCCC(N)C(=O)OC(C)(C)C)C(=O)O. The summed E-state index contributed by atoms with van der Waals surface area (Å²) in [7, 11) is 1.15. The Hall–Kier alpha value is -1.83. The Morgan fingerprint density at radius 3 is 2.24 bits per heavy atom. The van der Waals surface area contributed by atoms with Crippen LogP contribution in [0.15, 0.2) is 0 Å². The Balaban J connectivity index is 4.22. The molecular formula is C13H24N2O6. The molecule has 0 fully saturated rings. The van der Waals surface area contributed by atoms with E-state index in [1.54, 1.807) is 20.8 Å². The summed E-state index contributed by atoms with van der Waals surface area (Å²) in [4.78, 5) is 33.6. The first-order chi connectivity index (χ1) is 9.56. The molecule has 8 heteroatoms. The lowest BCUT2D eigenvalue weighted by atomic mass is 10.1. The summed E-state index contributed by atoms with van der Waals surface area (Å²) in [5, 5.41) is 11.1. The molecule has 0 aliphatic carbocycles. The molecule has 4 N–H and O–H groups in total. The average Bonchev–Trinajstić information content (AvgIpc) is 2.34. The van der Waals surface area contributed by atoms with Crippen molar-refractivity contribution in [3.8, 4) is 0 Å². The topological polar surface area (TPSA) is 128 Å². The van der Waals surface area contributed by atoms with Gasteiger partial charge in [0, 0.05) is 0 Å². The van der Waals surface area contributed by atoms with Crippen LogP contribution in [-0.4, -0.2) is 47.9 Å². The Morgan fingerprint density at radius 1 is 1.24 bits per heavy atom. The van der Waals surface area contributed by atoms with Gasteiger partial charge in [0.2, 0.25) is 0 Å². The van der Waals surface area contributed by atoms with Crippen molar-refractivity contribution >= 4 is 18.0 Å². The zero-order valence-electron chi connectivity index (χ0n) is 12.8. The maximum absolute atomic E-state index is 11.6. The number of carbonyl (C=O) groups is 3. The second kappa shape index (κ2) is 8.46. The lowest BCUT2D eigenvalue weighted by Gasteiger charge is -2.22. The van der Waals surface area contributed by atoms with Crippen LogP contribution in [0.1, 0.15) is 40.0 Å². The summed E-state index contributed by atoms with van der Waals surface area (Å²) in [5.41, 5.74) is 5.06. The number of carboxylic acids is 1. The second-order valence-electron chi connectivity index (χ2n) is 5.60. The van der Waals surface area contributed by atoms with E-state index >= 15 is 0 Å². The average molecular weight is 304 g/mol. The molecule has 122 valence electrons. The summed E-state index contributed by atoms with van der Waals surface area (Å²) < 4.78 is 9.46. The Kier molecular flexibility index (Phi) is 7.72. The zero-order valence-corrected chi connectivity index (χ0v) is 12.8. The van der Waals surface area contributed by atoms with E-state index in [1.807, 2.05) is 0 Å². The first kappa shape index (κ1) is 19.2. The van der Waals surface area contributed by atoms with Gasteiger partial charge in [-0.05, 0) is 40.0 Å². The molecule has 0 rings (SSSR count). The number of esters is 1. The molecule has 0 spiro atoms. The van der Waals surface area contributed by atoms with Gasteiger partial charge >= 0.3 is 18.0 Å². The first-order valence-electron chi connectivity index (χ1n) is 6.62. The number of rotatable bonds is 7. The van der Waals surface area contributed by atoms with Crippen molar-refractivity contribution in [2.45, 2.75) is 57.7 Å². The van der Waals surface area contributed by atoms with Crippen LogP contribution in [0.25, 0.3) is 0 Å². The van der Waals surface area contributed by atoms with Gasteiger partial charge in [-0.3, -0.25) is 4.79 Å². The van der Waals surface area contributed by atoms with Crippen LogP contribution in [0.5, 0.6) is 0 Å². The standard InChI is InChI=1S/C13H24N2O6/c1-13(2,3)21-11(18)8(14)6-5-7-9(10(16)17)15-12(19)20-4/h8-9H,5-7,14H2,1-4H3,(H,15,19)(H,16,17)/t8?,9-/m0/s1. The smallest absolute Gasteiger partial charge is 0.407 e. The minimum absolute atomic E-state index is 0.140. The minimum atomic E-state index is -1.17. The predicted molar refractivity (Wildman–Crippen MR) is 74.6 cm³/mol. The number of ether oxygens (including phenoxy) is 2. The number of hydrogen-bond donors (Lipinski definition) is 3. The van der Waals surface area contributed by atoms with Crippen LogP contribution >= 0.6 is 0 Å². The third kappa shape index (κ3) is 8.85. The van der Waals surface area contributed by atoms with Crippen LogP contribution in [0.4, 0.5) is 4.79 Å². The van der Waals surface area contributed by atoms with Gasteiger partial charge in [0.15, 0.2) is 0 Å². The van der Waals surface area contributed by atoms with Gasteiger partial charge in [-0.15, -0.1) is 0 Å². The van der Waals surface area contributed by atoms with Gasteiger partial charge in [-0.25, -0.2) is 9.59 Å². The fourth-order valence-corrected chi connectivity index (χ4v) is 1.50. The normalized spacial score (nSPS) is 14.0. The van der Waals surface area contributed by atoms with Crippen molar-refractivity contribution in [1.82, 2.24) is 5.32 Å². The summed E-state index contributed by atoms with van der Waals surface area (Å²) in [6.45, 7) is 5.20. The predicted octanol–water partition coefficient (Wildman–Crippen LogP) is 0.635. The van der Waals surface area contributed by atoms with E-state index in [0.717, 1.165) is 7.11 Å². The Morgan fingerprint density at radius 2 is 1.81 bits per heavy atom. The van der Waals surface area contributed by atoms with Crippen molar-refractivity contribution in [3.63, 3.8) is 0 Å². The highest BCUT2D eigenvalue weighted by atomic mass is 16.6. The first-order valence-corrected chi connectivity index (χ1v) is 6.62. The van der Waals surface area contributed by atoms with E-state index in [4.69, 9.17) is 15.6 Å². The Labute approximate surface area is 124 Å². The monoisotopic (exact) mass is 304 g/mol. The molecule has 0 saturated heterocycles. The van der Waals surface area contributed by atoms with E-state index in [-0.39, 0.29) is 12.8 Å². The van der Waals surface area contributed by atoms with Gasteiger partial charge < -0.3 is 25.6 Å². The maximum Gasteiger partial charge on any atom is 0.407 e. The molecule has 0 aliphatic heterocycles. The summed E-state index contributed by atoms with van der Waals surface area (Å²) in [5.74, 6) is -1.71. The molecule has 0 aromatic rings. The summed E-state index contributed by atoms with van der Waals surface area (Å²) >= 11 is 0. The fraction of sp³-hybridized carbons (Fsp3) is 0.769. The maximum atomic E-state index is 11.6. The molecule has 0 saturated carbocycles. The van der Waals surface area contributed by atoms with Crippen LogP contribution in [0.2, 0.25) is 0 Å². The number of hydrogen-bond acceptors (Lipinski definition) is 6. The third-order valence-corrected chi connectivity index (χ3v) is 2.49. The van der Waals surface area contributed by atoms with Crippen LogP contribution in [-0.2, 0) is 19.1 Å². The van der Waals surface area contributed by atoms with Gasteiger partial charge in [0.25, 0.3) is 0 Å². The van der Waals surface area contributed by atoms with E-state index in [1.165, 1.54) is 0 Å². The molecule has 0 aromatic heterocycles. The zero-order chi connectivity index (χ0) is 16.6. The van der Waals surface area contributed by atoms with Crippen molar-refractivity contribution in [2.24, 2.45) is 5.73 Å². The van der Waals surface area contributed by atoms with E-state index in [0.29, 0.717) is 6.42 Å². The molecule has 0 aliphatic rings. The van der Waals surface area contributed by atoms with Crippen molar-refractivity contribution < 1.29 is 29.0 Å². The number of methoxy groups -OCH3 is 1. The molecule has 21 heavy (non-hydrogen) atoms. The third-order valence-electron chi connectivity index (χ3n) is 2.49. The van der Waals surface area contributed by atoms with Crippen LogP contribution in [0, 0.1) is 0 Å². The lowest BCUT2D eigenvalue weighted by Crippen LogP contribution is -2.41. The molecule has 0 heterocycles. The number of carbonyl (C=O) groups excluding carboxylic acids is 2. The van der Waals surface area contributed by atoms with E-state index in [9.17, 15) is 14.4 Å². The molecular weight excluding hydrogens is 280 g/mol. The second-order valence-corrected chi connectivity index (χ2v) is 5.60. The Bertz CT molecular complexity index is 377. The van der Waals surface area contributed by atoms with Crippen LogP contribution < -0.4 is 11.1 Å². The molecule has 8 nitrogen and oxygen atoms in total. The molecule has 2 atom stereocenters. The van der Waals surface area contributed by atoms with Gasteiger partial charge in [-0.1, -0.05) is 0 Å². The quantitative estimate of drug-likeness (QED) is 0.588. The number of nitrogens with one attached hydrogen (secondary N) is 1. The highest BCUT2D eigenvalue weighted by Crippen LogP contribution is 2.11. The van der Waals surface area contributed by atoms with Crippen LogP contribution in [0.3, 0.4) is 0 Å². The fourth-order valence-electron chi connectivity index (χ4n) is 1.50. The number of alkyl carbamates (subject to hydrolysis) is 1. The number of aliphatic carboxylic acids is 1. The van der Waals surface area contributed by atoms with Crippen molar-refractivity contribution in [1.29, 1.82) is 0 Å². The van der Waals surface area contributed by atoms with Gasteiger partial charge in [-0.2, -0.15) is 0 Å². The minimum Gasteiger partial charge on any atom is -0.480 e. The molecule has 0 aromatic carbocycles. The number of amides is 1.